The summed E-state index contributed by atoms with van der Waals surface area (Å²) in [6.07, 6.45) is 0. The van der Waals surface area contributed by atoms with Gasteiger partial charge in [-0.3, -0.25) is 4.79 Å². The molecule has 0 aliphatic heterocycles. The molecule has 0 aliphatic rings. The third-order valence-electron chi connectivity index (χ3n) is 2.88. The van der Waals surface area contributed by atoms with Crippen molar-refractivity contribution < 1.29 is 14.1 Å². The maximum atomic E-state index is 12.1. The zero-order valence-corrected chi connectivity index (χ0v) is 12.7. The summed E-state index contributed by atoms with van der Waals surface area (Å²) in [5.74, 6) is 0.566. The van der Waals surface area contributed by atoms with Gasteiger partial charge in [0.05, 0.1) is 6.54 Å². The Bertz CT molecular complexity index is 664. The number of benzene rings is 1. The summed E-state index contributed by atoms with van der Waals surface area (Å²) in [6.45, 7) is 3.59. The molecule has 1 heterocycles. The van der Waals surface area contributed by atoms with Crippen molar-refractivity contribution in [3.63, 3.8) is 0 Å². The van der Waals surface area contributed by atoms with Gasteiger partial charge in [-0.05, 0) is 31.2 Å². The lowest BCUT2D eigenvalue weighted by Gasteiger charge is -2.16. The van der Waals surface area contributed by atoms with Crippen LogP contribution >= 0.6 is 0 Å². The predicted octanol–water partition coefficient (Wildman–Crippen LogP) is 2.61. The fourth-order valence-electron chi connectivity index (χ4n) is 1.87. The second kappa shape index (κ2) is 6.75. The zero-order valence-electron chi connectivity index (χ0n) is 12.7. The van der Waals surface area contributed by atoms with E-state index >= 15 is 0 Å². The van der Waals surface area contributed by atoms with Gasteiger partial charge in [-0.15, -0.1) is 0 Å². The van der Waals surface area contributed by atoms with Crippen LogP contribution in [0.2, 0.25) is 0 Å². The molecule has 0 bridgehead atoms. The van der Waals surface area contributed by atoms with Gasteiger partial charge in [0.2, 0.25) is 5.91 Å². The number of nitrogens with zero attached hydrogens (tertiary/aromatic N) is 2. The summed E-state index contributed by atoms with van der Waals surface area (Å²) in [4.78, 5) is 24.5. The third kappa shape index (κ3) is 4.34. The van der Waals surface area contributed by atoms with E-state index in [0.717, 1.165) is 0 Å². The number of carbonyl (C=O) groups is 2. The Labute approximate surface area is 128 Å². The smallest absolute Gasteiger partial charge is 0.321 e. The monoisotopic (exact) mass is 302 g/mol. The second-order valence-electron chi connectivity index (χ2n) is 4.97. The fourth-order valence-corrected chi connectivity index (χ4v) is 1.87. The van der Waals surface area contributed by atoms with E-state index in [-0.39, 0.29) is 11.9 Å². The number of amides is 3. The fraction of sp³-hybridized carbons (Fsp3) is 0.267. The van der Waals surface area contributed by atoms with Crippen LogP contribution in [0.1, 0.15) is 18.4 Å². The molecule has 2 aromatic rings. The average molecular weight is 302 g/mol. The Kier molecular flexibility index (Phi) is 4.77. The van der Waals surface area contributed by atoms with Crippen LogP contribution in [-0.4, -0.2) is 29.0 Å². The number of hydrogen-bond donors (Lipinski definition) is 2. The summed E-state index contributed by atoms with van der Waals surface area (Å²) in [5, 5.41) is 9.27. The Hall–Kier alpha value is -2.83. The first-order valence-corrected chi connectivity index (χ1v) is 6.76. The molecular weight excluding hydrogens is 284 g/mol. The highest BCUT2D eigenvalue weighted by atomic mass is 16.5. The maximum absolute atomic E-state index is 12.1. The van der Waals surface area contributed by atoms with Crippen LogP contribution in [0.15, 0.2) is 34.9 Å². The molecule has 0 aliphatic carbocycles. The molecule has 7 heteroatoms. The number of urea groups is 1. The number of aryl methyl sites for hydroxylation is 1. The van der Waals surface area contributed by atoms with Crippen LogP contribution in [0.4, 0.5) is 16.2 Å². The van der Waals surface area contributed by atoms with Crippen molar-refractivity contribution in [1.29, 1.82) is 0 Å². The number of rotatable bonds is 4. The summed E-state index contributed by atoms with van der Waals surface area (Å²) < 4.78 is 4.97. The Morgan fingerprint density at radius 2 is 1.77 bits per heavy atom. The van der Waals surface area contributed by atoms with E-state index in [4.69, 9.17) is 4.52 Å². The summed E-state index contributed by atoms with van der Waals surface area (Å²) in [5.41, 5.74) is 2.01. The van der Waals surface area contributed by atoms with Gasteiger partial charge < -0.3 is 20.1 Å². The van der Waals surface area contributed by atoms with E-state index in [1.165, 1.54) is 11.8 Å². The minimum absolute atomic E-state index is 0.139. The van der Waals surface area contributed by atoms with Gasteiger partial charge in [-0.25, -0.2) is 4.79 Å². The lowest BCUT2D eigenvalue weighted by atomic mass is 10.3. The molecule has 0 unspecified atom stereocenters. The van der Waals surface area contributed by atoms with Crippen molar-refractivity contribution in [2.75, 3.05) is 17.7 Å². The van der Waals surface area contributed by atoms with Gasteiger partial charge in [0.15, 0.2) is 0 Å². The second-order valence-corrected chi connectivity index (χ2v) is 4.97. The van der Waals surface area contributed by atoms with E-state index < -0.39 is 0 Å². The highest BCUT2D eigenvalue weighted by Gasteiger charge is 2.11. The van der Waals surface area contributed by atoms with E-state index in [2.05, 4.69) is 15.8 Å². The predicted molar refractivity (Wildman–Crippen MR) is 82.5 cm³/mol. The van der Waals surface area contributed by atoms with Crippen molar-refractivity contribution in [2.24, 2.45) is 0 Å². The molecule has 3 amide bonds. The molecule has 116 valence electrons. The molecule has 7 nitrogen and oxygen atoms in total. The van der Waals surface area contributed by atoms with Crippen LogP contribution in [0, 0.1) is 6.92 Å². The summed E-state index contributed by atoms with van der Waals surface area (Å²) >= 11 is 0. The largest absolute Gasteiger partial charge is 0.361 e. The molecule has 1 aromatic carbocycles. The number of carbonyl (C=O) groups excluding carboxylic acids is 2. The molecule has 0 radical (unpaired) electrons. The van der Waals surface area contributed by atoms with Crippen molar-refractivity contribution in [1.82, 2.24) is 10.1 Å². The van der Waals surface area contributed by atoms with Crippen LogP contribution < -0.4 is 10.6 Å². The standard InChI is InChI=1S/C15H18N4O3/c1-10-8-14(18-22-10)9-19(3)15(21)17-13-6-4-12(5-7-13)16-11(2)20/h4-8H,9H2,1-3H3,(H,16,20)(H,17,21). The minimum atomic E-state index is -0.257. The Morgan fingerprint density at radius 1 is 1.18 bits per heavy atom. The molecule has 2 N–H and O–H groups in total. The van der Waals surface area contributed by atoms with E-state index in [1.54, 1.807) is 44.3 Å². The summed E-state index contributed by atoms with van der Waals surface area (Å²) in [7, 11) is 1.67. The normalized spacial score (nSPS) is 10.1. The first kappa shape index (κ1) is 15.6. The lowest BCUT2D eigenvalue weighted by molar-refractivity contribution is -0.114. The molecule has 0 saturated heterocycles. The number of anilines is 2. The number of nitrogens with one attached hydrogen (secondary N) is 2. The van der Waals surface area contributed by atoms with Crippen molar-refractivity contribution in [3.05, 3.63) is 41.8 Å². The average Bonchev–Trinajstić information content (AvgIpc) is 2.85. The van der Waals surface area contributed by atoms with Crippen LogP contribution in [0.5, 0.6) is 0 Å². The molecule has 0 spiro atoms. The van der Waals surface area contributed by atoms with Gasteiger partial charge >= 0.3 is 6.03 Å². The van der Waals surface area contributed by atoms with Gasteiger partial charge in [-0.2, -0.15) is 0 Å². The van der Waals surface area contributed by atoms with Gasteiger partial charge in [0, 0.05) is 31.4 Å². The molecule has 1 aromatic heterocycles. The lowest BCUT2D eigenvalue weighted by Crippen LogP contribution is -2.30. The van der Waals surface area contributed by atoms with Gasteiger partial charge in [0.1, 0.15) is 11.5 Å². The topological polar surface area (TPSA) is 87.5 Å². The van der Waals surface area contributed by atoms with Crippen LogP contribution in [-0.2, 0) is 11.3 Å². The van der Waals surface area contributed by atoms with Crippen LogP contribution in [0.3, 0.4) is 0 Å². The maximum Gasteiger partial charge on any atom is 0.321 e. The molecule has 0 saturated carbocycles. The SMILES string of the molecule is CC(=O)Nc1ccc(NC(=O)N(C)Cc2cc(C)on2)cc1. The summed E-state index contributed by atoms with van der Waals surface area (Å²) in [6, 6.07) is 8.41. The minimum Gasteiger partial charge on any atom is -0.361 e. The van der Waals surface area contributed by atoms with Crippen molar-refractivity contribution in [2.45, 2.75) is 20.4 Å². The first-order valence-electron chi connectivity index (χ1n) is 6.76. The highest BCUT2D eigenvalue weighted by Crippen LogP contribution is 2.14. The number of aromatic nitrogens is 1. The first-order chi connectivity index (χ1) is 10.4. The quantitative estimate of drug-likeness (QED) is 0.908. The molecule has 0 atom stereocenters. The Balaban J connectivity index is 1.91. The molecule has 0 fully saturated rings. The van der Waals surface area contributed by atoms with E-state index in [1.807, 2.05) is 0 Å². The molecule has 22 heavy (non-hydrogen) atoms. The van der Waals surface area contributed by atoms with Gasteiger partial charge in [-0.1, -0.05) is 5.16 Å². The zero-order chi connectivity index (χ0) is 16.1. The molecular formula is C15H18N4O3. The van der Waals surface area contributed by atoms with Crippen molar-refractivity contribution >= 4 is 23.3 Å². The van der Waals surface area contributed by atoms with E-state index in [0.29, 0.717) is 29.4 Å². The van der Waals surface area contributed by atoms with Gasteiger partial charge in [0.25, 0.3) is 0 Å². The van der Waals surface area contributed by atoms with E-state index in [9.17, 15) is 9.59 Å². The third-order valence-corrected chi connectivity index (χ3v) is 2.88. The van der Waals surface area contributed by atoms with Crippen LogP contribution in [0.25, 0.3) is 0 Å². The Morgan fingerprint density at radius 3 is 2.27 bits per heavy atom. The number of hydrogen-bond acceptors (Lipinski definition) is 4. The highest BCUT2D eigenvalue weighted by molar-refractivity contribution is 5.91. The molecule has 2 rings (SSSR count). The van der Waals surface area contributed by atoms with Crippen molar-refractivity contribution in [3.8, 4) is 0 Å².